The number of rotatable bonds is 13. The molecule has 0 spiro atoms. The number of carboxylic acid groups (broad SMARTS) is 1. The second-order valence-electron chi connectivity index (χ2n) is 21.7. The highest BCUT2D eigenvalue weighted by Crippen LogP contribution is 2.59. The summed E-state index contributed by atoms with van der Waals surface area (Å²) in [6.45, 7) is 23.6. The first-order chi connectivity index (χ1) is 29.3. The van der Waals surface area contributed by atoms with Crippen LogP contribution in [0.2, 0.25) is 12.6 Å². The molecule has 19 heteroatoms. The Morgan fingerprint density at radius 3 is 2.03 bits per heavy atom. The molecule has 3 aliphatic heterocycles. The fraction of sp³-hybridized carbons (Fsp3) is 0.766. The molecule has 8 N–H and O–H groups in total. The smallest absolute Gasteiger partial charge is 0.457 e. The zero-order valence-electron chi connectivity index (χ0n) is 40.0. The summed E-state index contributed by atoms with van der Waals surface area (Å²) < 4.78 is 41.5. The third-order valence-corrected chi connectivity index (χ3v) is 16.7. The van der Waals surface area contributed by atoms with Crippen molar-refractivity contribution >= 4 is 51.3 Å². The number of hydrogen-bond donors (Lipinski definition) is 7. The zero-order chi connectivity index (χ0) is 48.5. The second kappa shape index (κ2) is 22.0. The van der Waals surface area contributed by atoms with Gasteiger partial charge in [0, 0.05) is 32.1 Å². The number of terminal acetylenes is 1. The lowest BCUT2D eigenvalue weighted by atomic mass is 9.74. The van der Waals surface area contributed by atoms with Gasteiger partial charge in [-0.1, -0.05) is 74.1 Å². The van der Waals surface area contributed by atoms with Crippen molar-refractivity contribution in [3.63, 3.8) is 0 Å². The zero-order valence-corrected chi connectivity index (χ0v) is 42.0. The van der Waals surface area contributed by atoms with Crippen molar-refractivity contribution in [2.45, 2.75) is 175 Å². The molecule has 15 nitrogen and oxygen atoms in total. The maximum atomic E-state index is 14.1. The van der Waals surface area contributed by atoms with Crippen molar-refractivity contribution in [1.82, 2.24) is 20.3 Å². The summed E-state index contributed by atoms with van der Waals surface area (Å²) >= 11 is 0. The van der Waals surface area contributed by atoms with Crippen molar-refractivity contribution in [3.8, 4) is 12.1 Å². The molecule has 2 aliphatic carbocycles. The highest BCUT2D eigenvalue weighted by Gasteiger charge is 2.67. The maximum absolute atomic E-state index is 14.1. The Bertz CT molecular complexity index is 1980. The van der Waals surface area contributed by atoms with Gasteiger partial charge in [0.15, 0.2) is 0 Å². The summed E-state index contributed by atoms with van der Waals surface area (Å²) in [6.07, 6.45) is 8.82. The summed E-state index contributed by atoms with van der Waals surface area (Å²) in [5.41, 5.74) is 5.06. The van der Waals surface area contributed by atoms with Crippen LogP contribution in [0.3, 0.4) is 0 Å². The van der Waals surface area contributed by atoms with Crippen LogP contribution in [-0.4, -0.2) is 114 Å². The Morgan fingerprint density at radius 1 is 0.985 bits per heavy atom. The number of hydrogen-bond acceptors (Lipinski definition) is 11. The van der Waals surface area contributed by atoms with Crippen molar-refractivity contribution in [1.29, 1.82) is 0 Å². The number of amides is 2. The Kier molecular flexibility index (Phi) is 19.9. The van der Waals surface area contributed by atoms with Crippen LogP contribution >= 0.6 is 9.24 Å². The number of nitrogens with two attached hydrogens (primary N) is 1. The topological polar surface area (TPSA) is 230 Å². The first-order valence-corrected chi connectivity index (χ1v) is 24.6. The number of fused-ring (bicyclic) bond motifs is 2. The SMILES string of the molecule is C.C.C#CP.CC(=O)NC1(C(=O)NC(C)(C)C)C[C@@]2(C)CN(S(=O)(=O)c3ccc(C)cc3)C[C@H]2C1CCCB1OC(C)(C)C(C)(C)O1.C[C@]12CNC[C@H]1C(CCCB(O)O)C(N)(C(=O)O)C2. The molecule has 9 atom stereocenters. The molecular formula is C47H84B2N5O10PS. The minimum atomic E-state index is -3.72. The lowest BCUT2D eigenvalue weighted by Gasteiger charge is -2.39. The third-order valence-electron chi connectivity index (χ3n) is 14.9. The molecule has 5 fully saturated rings. The minimum Gasteiger partial charge on any atom is -0.480 e. The number of carbonyl (C=O) groups is 3. The van der Waals surface area contributed by atoms with E-state index in [4.69, 9.17) is 25.1 Å². The number of aliphatic carboxylic acids is 1. The predicted molar refractivity (Wildman–Crippen MR) is 268 cm³/mol. The van der Waals surface area contributed by atoms with Crippen LogP contribution in [0.15, 0.2) is 29.2 Å². The quantitative estimate of drug-likeness (QED) is 0.0760. The Morgan fingerprint density at radius 2 is 1.53 bits per heavy atom. The number of carboxylic acids is 1. The van der Waals surface area contributed by atoms with E-state index in [1.165, 1.54) is 6.92 Å². The van der Waals surface area contributed by atoms with Gasteiger partial charge in [0.1, 0.15) is 11.1 Å². The van der Waals surface area contributed by atoms with Gasteiger partial charge in [-0.25, -0.2) is 8.42 Å². The Labute approximate surface area is 400 Å². The fourth-order valence-corrected chi connectivity index (χ4v) is 12.9. The van der Waals surface area contributed by atoms with Gasteiger partial charge in [0.25, 0.3) is 0 Å². The molecule has 1 aromatic carbocycles. The largest absolute Gasteiger partial charge is 0.480 e. The summed E-state index contributed by atoms with van der Waals surface area (Å²) in [5.74, 6) is -1.69. The van der Waals surface area contributed by atoms with Crippen molar-refractivity contribution in [2.75, 3.05) is 26.2 Å². The number of nitrogens with zero attached hydrogens (tertiary/aromatic N) is 1. The van der Waals surface area contributed by atoms with E-state index in [9.17, 15) is 27.9 Å². The van der Waals surface area contributed by atoms with Gasteiger partial charge in [-0.15, -0.1) is 6.42 Å². The molecule has 1 aromatic rings. The monoisotopic (exact) mass is 964 g/mol. The lowest BCUT2D eigenvalue weighted by molar-refractivity contribution is -0.145. The molecule has 374 valence electrons. The molecule has 0 aromatic heterocycles. The van der Waals surface area contributed by atoms with Crippen molar-refractivity contribution in [3.05, 3.63) is 29.8 Å². The van der Waals surface area contributed by atoms with Crippen LogP contribution in [0, 0.1) is 53.5 Å². The van der Waals surface area contributed by atoms with Crippen LogP contribution in [0.5, 0.6) is 0 Å². The first-order valence-electron chi connectivity index (χ1n) is 22.6. The molecule has 5 aliphatic rings. The number of sulfonamides is 1. The number of benzene rings is 1. The van der Waals surface area contributed by atoms with Gasteiger partial charge in [-0.05, 0) is 147 Å². The number of nitrogens with one attached hydrogen (secondary N) is 3. The molecule has 2 saturated carbocycles. The first kappa shape index (κ1) is 59.5. The summed E-state index contributed by atoms with van der Waals surface area (Å²) in [4.78, 5) is 38.6. The van der Waals surface area contributed by atoms with Gasteiger partial charge in [0.2, 0.25) is 21.8 Å². The van der Waals surface area contributed by atoms with E-state index < -0.39 is 56.3 Å². The molecule has 3 heterocycles. The summed E-state index contributed by atoms with van der Waals surface area (Å²) in [5, 5.41) is 36.8. The fourth-order valence-electron chi connectivity index (χ4n) is 11.3. The predicted octanol–water partition coefficient (Wildman–Crippen LogP) is 5.30. The van der Waals surface area contributed by atoms with Gasteiger partial charge < -0.3 is 46.1 Å². The van der Waals surface area contributed by atoms with Crippen LogP contribution in [0.4, 0.5) is 0 Å². The second-order valence-corrected chi connectivity index (χ2v) is 24.0. The van der Waals surface area contributed by atoms with Crippen molar-refractivity contribution < 1.29 is 47.3 Å². The highest BCUT2D eigenvalue weighted by atomic mass is 32.2. The van der Waals surface area contributed by atoms with E-state index in [1.807, 2.05) is 67.5 Å². The van der Waals surface area contributed by atoms with Gasteiger partial charge in [0.05, 0.1) is 16.1 Å². The van der Waals surface area contributed by atoms with Crippen molar-refractivity contribution in [2.24, 2.45) is 40.2 Å². The summed E-state index contributed by atoms with van der Waals surface area (Å²) in [7, 11) is -3.32. The Hall–Kier alpha value is -2.58. The molecule has 66 heavy (non-hydrogen) atoms. The number of aryl methyl sites for hydroxylation is 1. The third kappa shape index (κ3) is 12.8. The molecule has 3 saturated heterocycles. The molecule has 2 amide bonds. The molecular weight excluding hydrogens is 879 g/mol. The van der Waals surface area contributed by atoms with E-state index >= 15 is 0 Å². The van der Waals surface area contributed by atoms with Crippen LogP contribution in [0.25, 0.3) is 0 Å². The number of carbonyl (C=O) groups excluding carboxylic acids is 2. The van der Waals surface area contributed by atoms with E-state index in [1.54, 1.807) is 16.4 Å². The molecule has 0 bridgehead atoms. The van der Waals surface area contributed by atoms with Crippen LogP contribution in [0.1, 0.15) is 128 Å². The van der Waals surface area contributed by atoms with Gasteiger partial charge in [-0.2, -0.15) is 4.31 Å². The molecule has 5 unspecified atom stereocenters. The summed E-state index contributed by atoms with van der Waals surface area (Å²) in [6, 6.07) is 6.93. The lowest BCUT2D eigenvalue weighted by Crippen LogP contribution is -2.64. The van der Waals surface area contributed by atoms with Gasteiger partial charge in [-0.3, -0.25) is 14.4 Å². The van der Waals surface area contributed by atoms with E-state index in [0.29, 0.717) is 44.8 Å². The average molecular weight is 964 g/mol. The maximum Gasteiger partial charge on any atom is 0.457 e. The Balaban J connectivity index is 0.000000521. The van der Waals surface area contributed by atoms with E-state index in [0.717, 1.165) is 18.7 Å². The van der Waals surface area contributed by atoms with E-state index in [2.05, 4.69) is 51.1 Å². The van der Waals surface area contributed by atoms with Crippen LogP contribution in [-0.2, 0) is 33.7 Å². The van der Waals surface area contributed by atoms with Crippen LogP contribution < -0.4 is 21.7 Å². The van der Waals surface area contributed by atoms with E-state index in [-0.39, 0.29) is 87.2 Å². The normalized spacial score (nSPS) is 31.6. The highest BCUT2D eigenvalue weighted by molar-refractivity contribution is 7.89. The average Bonchev–Trinajstić information content (AvgIpc) is 3.86. The molecule has 0 radical (unpaired) electrons. The standard InChI is InChI=1S/C31H50BN3O6S.C12H23BN2O4.C2H3P.2CH4/c1-21-13-15-23(16-14-21)42(38,39)35-18-25-24(12-11-17-32-40-28(6,7)29(8,9)41-32)31(33-22(2)36,19-30(25,10)20-35)26(37)34-27(3,4)5;1-11-6-12(14,10(16)17)8(3-2-4-13(18)19)9(11)5-15-7-11;1-2-3;;/h13-16,24-25H,11-12,17-20H2,1-10H3,(H,33,36)(H,34,37);8-9,15,18-19H,2-7,14H2,1H3,(H,16,17);1H,3H2;2*1H4/t24?,25-,30-,31?;8?,9-,11-,12?;;;/m00.../s1. The van der Waals surface area contributed by atoms with Gasteiger partial charge >= 0.3 is 20.2 Å². The minimum absolute atomic E-state index is 0. The molecule has 6 rings (SSSR count).